The summed E-state index contributed by atoms with van der Waals surface area (Å²) in [5, 5.41) is 2.49. The highest BCUT2D eigenvalue weighted by atomic mass is 16.5. The van der Waals surface area contributed by atoms with Crippen molar-refractivity contribution in [2.24, 2.45) is 5.92 Å². The van der Waals surface area contributed by atoms with Gasteiger partial charge in [-0.2, -0.15) is 0 Å². The highest BCUT2D eigenvalue weighted by Gasteiger charge is 2.34. The summed E-state index contributed by atoms with van der Waals surface area (Å²) < 4.78 is 5.94. The summed E-state index contributed by atoms with van der Waals surface area (Å²) in [5.41, 5.74) is 1.55. The predicted molar refractivity (Wildman–Crippen MR) is 95.9 cm³/mol. The van der Waals surface area contributed by atoms with E-state index < -0.39 is 0 Å². The third kappa shape index (κ3) is 6.25. The van der Waals surface area contributed by atoms with Crippen molar-refractivity contribution < 1.29 is 15.0 Å². The Morgan fingerprint density at radius 2 is 1.96 bits per heavy atom. The van der Waals surface area contributed by atoms with Gasteiger partial charge in [0.25, 0.3) is 0 Å². The second-order valence-electron chi connectivity index (χ2n) is 7.99. The van der Waals surface area contributed by atoms with E-state index in [1.54, 1.807) is 0 Å². The van der Waals surface area contributed by atoms with Crippen LogP contribution in [-0.4, -0.2) is 45.9 Å². The SMILES string of the molecule is C[NH+](C)CC[NH2+]CC[C@@H](c1ccccc1)[C@@H]1CCOC(C)(C)C1. The largest absolute Gasteiger partial charge is 0.376 e. The average molecular weight is 321 g/mol. The molecule has 0 spiro atoms. The van der Waals surface area contributed by atoms with Crippen molar-refractivity contribution in [3.8, 4) is 0 Å². The van der Waals surface area contributed by atoms with Gasteiger partial charge in [-0.3, -0.25) is 0 Å². The lowest BCUT2D eigenvalue weighted by atomic mass is 9.75. The molecule has 0 aliphatic carbocycles. The van der Waals surface area contributed by atoms with Crippen molar-refractivity contribution in [2.75, 3.05) is 40.3 Å². The monoisotopic (exact) mass is 320 g/mol. The van der Waals surface area contributed by atoms with E-state index in [4.69, 9.17) is 4.74 Å². The number of quaternary nitrogens is 2. The summed E-state index contributed by atoms with van der Waals surface area (Å²) in [5.74, 6) is 1.41. The van der Waals surface area contributed by atoms with Gasteiger partial charge >= 0.3 is 0 Å². The predicted octanol–water partition coefficient (Wildman–Crippen LogP) is 1.07. The highest BCUT2D eigenvalue weighted by molar-refractivity contribution is 5.20. The molecule has 23 heavy (non-hydrogen) atoms. The molecule has 1 aromatic carbocycles. The molecule has 0 bridgehead atoms. The number of ether oxygens (including phenoxy) is 1. The van der Waals surface area contributed by atoms with Crippen LogP contribution in [0.3, 0.4) is 0 Å². The Labute approximate surface area is 142 Å². The third-order valence-electron chi connectivity index (χ3n) is 5.06. The molecule has 1 saturated heterocycles. The lowest BCUT2D eigenvalue weighted by Gasteiger charge is -2.39. The van der Waals surface area contributed by atoms with Crippen LogP contribution in [0.2, 0.25) is 0 Å². The van der Waals surface area contributed by atoms with Crippen LogP contribution in [0, 0.1) is 5.92 Å². The molecule has 0 unspecified atom stereocenters. The number of likely N-dealkylation sites (N-methyl/N-ethyl adjacent to an activating group) is 1. The van der Waals surface area contributed by atoms with E-state index in [-0.39, 0.29) is 5.60 Å². The van der Waals surface area contributed by atoms with Crippen LogP contribution in [0.5, 0.6) is 0 Å². The van der Waals surface area contributed by atoms with Gasteiger partial charge in [0.1, 0.15) is 13.1 Å². The Bertz CT molecular complexity index is 444. The van der Waals surface area contributed by atoms with Crippen molar-refractivity contribution in [1.82, 2.24) is 0 Å². The molecule has 1 aliphatic heterocycles. The molecule has 2 rings (SSSR count). The van der Waals surface area contributed by atoms with Crippen molar-refractivity contribution in [2.45, 2.75) is 44.6 Å². The smallest absolute Gasteiger partial charge is 0.126 e. The molecule has 0 aromatic heterocycles. The second-order valence-corrected chi connectivity index (χ2v) is 7.99. The first kappa shape index (κ1) is 18.4. The molecule has 1 fully saturated rings. The van der Waals surface area contributed by atoms with Crippen LogP contribution >= 0.6 is 0 Å². The van der Waals surface area contributed by atoms with Crippen LogP contribution < -0.4 is 10.2 Å². The number of hydrogen-bond acceptors (Lipinski definition) is 1. The fourth-order valence-electron chi connectivity index (χ4n) is 3.83. The molecule has 1 aliphatic rings. The van der Waals surface area contributed by atoms with E-state index in [1.807, 2.05) is 0 Å². The molecule has 0 saturated carbocycles. The van der Waals surface area contributed by atoms with Gasteiger partial charge in [-0.05, 0) is 44.1 Å². The van der Waals surface area contributed by atoms with Crippen molar-refractivity contribution in [3.63, 3.8) is 0 Å². The first-order chi connectivity index (χ1) is 11.0. The summed E-state index contributed by atoms with van der Waals surface area (Å²) in [6, 6.07) is 11.1. The lowest BCUT2D eigenvalue weighted by Crippen LogP contribution is -3.09. The number of benzene rings is 1. The van der Waals surface area contributed by atoms with Crippen molar-refractivity contribution >= 4 is 0 Å². The molecular formula is C20H36N2O+2. The summed E-state index contributed by atoms with van der Waals surface area (Å²) in [7, 11) is 4.45. The van der Waals surface area contributed by atoms with Crippen LogP contribution in [0.1, 0.15) is 44.6 Å². The Morgan fingerprint density at radius 1 is 1.22 bits per heavy atom. The van der Waals surface area contributed by atoms with Gasteiger partial charge in [0.2, 0.25) is 0 Å². The first-order valence-electron chi connectivity index (χ1n) is 9.27. The molecule has 1 heterocycles. The van der Waals surface area contributed by atoms with E-state index in [1.165, 1.54) is 49.4 Å². The topological polar surface area (TPSA) is 30.3 Å². The second kappa shape index (κ2) is 8.81. The molecule has 3 heteroatoms. The molecule has 3 N–H and O–H groups in total. The maximum atomic E-state index is 5.94. The average Bonchev–Trinajstić information content (AvgIpc) is 2.50. The van der Waals surface area contributed by atoms with Crippen LogP contribution in [0.15, 0.2) is 30.3 Å². The zero-order chi connectivity index (χ0) is 16.7. The summed E-state index contributed by atoms with van der Waals surface area (Å²) in [6.07, 6.45) is 3.65. The minimum absolute atomic E-state index is 0.0357. The molecular weight excluding hydrogens is 284 g/mol. The molecule has 0 radical (unpaired) electrons. The quantitative estimate of drug-likeness (QED) is 0.690. The van der Waals surface area contributed by atoms with Gasteiger partial charge in [0.15, 0.2) is 0 Å². The van der Waals surface area contributed by atoms with Crippen LogP contribution in [0.25, 0.3) is 0 Å². The Hall–Kier alpha value is -0.900. The minimum Gasteiger partial charge on any atom is -0.376 e. The highest BCUT2D eigenvalue weighted by Crippen LogP contribution is 2.39. The Balaban J connectivity index is 1.95. The van der Waals surface area contributed by atoms with Crippen LogP contribution in [-0.2, 0) is 4.74 Å². The van der Waals surface area contributed by atoms with E-state index in [2.05, 4.69) is 63.6 Å². The normalized spacial score (nSPS) is 22.2. The van der Waals surface area contributed by atoms with E-state index in [0.29, 0.717) is 5.92 Å². The van der Waals surface area contributed by atoms with Gasteiger partial charge in [-0.25, -0.2) is 0 Å². The fraction of sp³-hybridized carbons (Fsp3) is 0.700. The van der Waals surface area contributed by atoms with Gasteiger partial charge in [-0.1, -0.05) is 30.3 Å². The Kier molecular flexibility index (Phi) is 7.07. The molecule has 0 amide bonds. The third-order valence-corrected chi connectivity index (χ3v) is 5.06. The number of nitrogens with one attached hydrogen (secondary N) is 1. The van der Waals surface area contributed by atoms with E-state index in [9.17, 15) is 0 Å². The Morgan fingerprint density at radius 3 is 2.61 bits per heavy atom. The lowest BCUT2D eigenvalue weighted by molar-refractivity contribution is -0.874. The van der Waals surface area contributed by atoms with Crippen molar-refractivity contribution in [1.29, 1.82) is 0 Å². The van der Waals surface area contributed by atoms with Gasteiger partial charge < -0.3 is 15.0 Å². The van der Waals surface area contributed by atoms with Gasteiger partial charge in [0, 0.05) is 13.0 Å². The zero-order valence-corrected chi connectivity index (χ0v) is 15.5. The van der Waals surface area contributed by atoms with Crippen LogP contribution in [0.4, 0.5) is 0 Å². The number of nitrogens with two attached hydrogens (primary N) is 1. The first-order valence-corrected chi connectivity index (χ1v) is 9.27. The maximum absolute atomic E-state index is 5.94. The zero-order valence-electron chi connectivity index (χ0n) is 15.5. The molecule has 3 nitrogen and oxygen atoms in total. The number of rotatable bonds is 8. The fourth-order valence-corrected chi connectivity index (χ4v) is 3.83. The van der Waals surface area contributed by atoms with E-state index >= 15 is 0 Å². The standard InChI is InChI=1S/C20H34N2O/c1-20(2)16-18(11-15-23-20)19(17-8-6-5-7-9-17)10-12-21-13-14-22(3)4/h5-9,18-19,21H,10-16H2,1-4H3/p+2/t18-,19+/m1/s1. The summed E-state index contributed by atoms with van der Waals surface area (Å²) in [4.78, 5) is 1.53. The molecule has 1 aromatic rings. The van der Waals surface area contributed by atoms with Gasteiger partial charge in [-0.15, -0.1) is 0 Å². The number of hydrogen-bond donors (Lipinski definition) is 2. The molecule has 130 valence electrons. The maximum Gasteiger partial charge on any atom is 0.126 e. The minimum atomic E-state index is 0.0357. The van der Waals surface area contributed by atoms with Gasteiger partial charge in [0.05, 0.1) is 26.2 Å². The molecule has 2 atom stereocenters. The van der Waals surface area contributed by atoms with E-state index in [0.717, 1.165) is 12.5 Å². The summed E-state index contributed by atoms with van der Waals surface area (Å²) in [6.45, 7) is 9.09. The summed E-state index contributed by atoms with van der Waals surface area (Å²) >= 11 is 0. The van der Waals surface area contributed by atoms with Crippen molar-refractivity contribution in [3.05, 3.63) is 35.9 Å².